The smallest absolute Gasteiger partial charge is 0.193 e. The van der Waals surface area contributed by atoms with Gasteiger partial charge in [0.2, 0.25) is 0 Å². The molecular formula is C44H80O3SSi3. The highest BCUT2D eigenvalue weighted by Crippen LogP contribution is 2.65. The number of hydrogen-bond acceptors (Lipinski definition) is 4. The molecule has 0 radical (unpaired) electrons. The summed E-state index contributed by atoms with van der Waals surface area (Å²) >= 11 is 2.09. The lowest BCUT2D eigenvalue weighted by molar-refractivity contribution is -0.0385. The molecule has 0 unspecified atom stereocenters. The fourth-order valence-corrected chi connectivity index (χ4v) is 16.3. The van der Waals surface area contributed by atoms with Crippen LogP contribution in [0.4, 0.5) is 0 Å². The van der Waals surface area contributed by atoms with Crippen molar-refractivity contribution < 1.29 is 13.3 Å². The van der Waals surface area contributed by atoms with Gasteiger partial charge in [-0.3, -0.25) is 0 Å². The van der Waals surface area contributed by atoms with Crippen LogP contribution in [-0.4, -0.2) is 54.3 Å². The quantitative estimate of drug-likeness (QED) is 0.0998. The molecule has 2 saturated carbocycles. The lowest BCUT2D eigenvalue weighted by Gasteiger charge is -2.59. The molecule has 0 heterocycles. The molecule has 0 amide bonds. The third-order valence-electron chi connectivity index (χ3n) is 15.3. The minimum atomic E-state index is -2.02. The summed E-state index contributed by atoms with van der Waals surface area (Å²) in [4.78, 5) is 0. The van der Waals surface area contributed by atoms with Gasteiger partial charge in [0.15, 0.2) is 25.0 Å². The van der Waals surface area contributed by atoms with Crippen molar-refractivity contribution in [2.75, 3.05) is 11.5 Å². The van der Waals surface area contributed by atoms with Gasteiger partial charge < -0.3 is 13.3 Å². The molecule has 0 spiro atoms. The van der Waals surface area contributed by atoms with Crippen LogP contribution >= 0.6 is 11.8 Å². The van der Waals surface area contributed by atoms with E-state index in [2.05, 4.69) is 158 Å². The van der Waals surface area contributed by atoms with E-state index >= 15 is 0 Å². The van der Waals surface area contributed by atoms with Gasteiger partial charge in [0.05, 0.1) is 17.8 Å². The van der Waals surface area contributed by atoms with E-state index in [9.17, 15) is 0 Å². The van der Waals surface area contributed by atoms with E-state index in [1.807, 2.05) is 0 Å². The van der Waals surface area contributed by atoms with Crippen LogP contribution in [0.5, 0.6) is 0 Å². The predicted octanol–water partition coefficient (Wildman–Crippen LogP) is 13.9. The van der Waals surface area contributed by atoms with E-state index in [1.54, 1.807) is 16.7 Å². The zero-order valence-electron chi connectivity index (χ0n) is 36.4. The molecule has 4 aliphatic rings. The minimum absolute atomic E-state index is 0.0270. The van der Waals surface area contributed by atoms with E-state index in [0.29, 0.717) is 11.8 Å². The van der Waals surface area contributed by atoms with Crippen molar-refractivity contribution in [2.45, 2.75) is 194 Å². The SMILES string of the molecule is CC[Si](CC)(CC)OC(C)(C)C=CCSCC1=CC[C@H]2C3=CC=C4C[C@@H](O[Si](C)(C)C(C)(C)C)C[C@H](O[Si](C)(C)C(C)(C)C)[C@]4(C)[C@H]3CC[C@]12C. The third kappa shape index (κ3) is 8.80. The van der Waals surface area contributed by atoms with Gasteiger partial charge in [-0.15, -0.1) is 0 Å². The Labute approximate surface area is 324 Å². The van der Waals surface area contributed by atoms with Gasteiger partial charge in [-0.25, -0.2) is 0 Å². The van der Waals surface area contributed by atoms with Crippen LogP contribution in [-0.2, 0) is 13.3 Å². The Kier molecular flexibility index (Phi) is 13.2. The predicted molar refractivity (Wildman–Crippen MR) is 233 cm³/mol. The zero-order chi connectivity index (χ0) is 38.5. The minimum Gasteiger partial charge on any atom is -0.414 e. The number of hydrogen-bond donors (Lipinski definition) is 0. The second-order valence-corrected chi connectivity index (χ2v) is 36.1. The number of fused-ring (bicyclic) bond motifs is 5. The molecule has 51 heavy (non-hydrogen) atoms. The Morgan fingerprint density at radius 1 is 0.843 bits per heavy atom. The van der Waals surface area contributed by atoms with Crippen LogP contribution in [0.1, 0.15) is 122 Å². The van der Waals surface area contributed by atoms with Crippen molar-refractivity contribution in [3.8, 4) is 0 Å². The third-order valence-corrected chi connectivity index (χ3v) is 30.0. The number of thioether (sulfide) groups is 1. The van der Waals surface area contributed by atoms with Crippen LogP contribution in [0.3, 0.4) is 0 Å². The summed E-state index contributed by atoms with van der Waals surface area (Å²) in [5, 5.41) is 0.371. The highest BCUT2D eigenvalue weighted by Gasteiger charge is 2.59. The topological polar surface area (TPSA) is 27.7 Å². The molecule has 7 heteroatoms. The fourth-order valence-electron chi connectivity index (χ4n) is 9.42. The maximum absolute atomic E-state index is 7.58. The second-order valence-electron chi connectivity index (χ2n) is 20.8. The van der Waals surface area contributed by atoms with Gasteiger partial charge in [0.1, 0.15) is 0 Å². The van der Waals surface area contributed by atoms with Crippen molar-refractivity contribution in [1.82, 2.24) is 0 Å². The lowest BCUT2D eigenvalue weighted by Crippen LogP contribution is -2.58. The van der Waals surface area contributed by atoms with Crippen LogP contribution in [0, 0.1) is 22.7 Å². The molecule has 0 aromatic rings. The molecule has 0 bridgehead atoms. The molecule has 2 fully saturated rings. The Morgan fingerprint density at radius 3 is 2.00 bits per heavy atom. The molecule has 3 nitrogen and oxygen atoms in total. The first-order chi connectivity index (χ1) is 23.3. The first kappa shape index (κ1) is 43.6. The Bertz CT molecular complexity index is 1350. The van der Waals surface area contributed by atoms with E-state index in [0.717, 1.165) is 24.3 Å². The molecular weight excluding hydrogens is 693 g/mol. The van der Waals surface area contributed by atoms with Crippen LogP contribution in [0.2, 0.25) is 54.4 Å². The van der Waals surface area contributed by atoms with Gasteiger partial charge in [-0.1, -0.05) is 123 Å². The van der Waals surface area contributed by atoms with Crippen LogP contribution in [0.15, 0.2) is 47.1 Å². The zero-order valence-corrected chi connectivity index (χ0v) is 40.2. The largest absolute Gasteiger partial charge is 0.414 e. The maximum Gasteiger partial charge on any atom is 0.193 e. The normalized spacial score (nSPS) is 30.8. The van der Waals surface area contributed by atoms with Gasteiger partial charge in [0.25, 0.3) is 0 Å². The molecule has 0 aromatic carbocycles. The van der Waals surface area contributed by atoms with Crippen molar-refractivity contribution in [1.29, 1.82) is 0 Å². The summed E-state index contributed by atoms with van der Waals surface area (Å²) in [6.07, 6.45) is 18.7. The van der Waals surface area contributed by atoms with E-state index < -0.39 is 25.0 Å². The first-order valence-electron chi connectivity index (χ1n) is 20.7. The summed E-state index contributed by atoms with van der Waals surface area (Å²) in [5.41, 5.74) is 5.10. The summed E-state index contributed by atoms with van der Waals surface area (Å²) in [6.45, 7) is 40.8. The average molecular weight is 773 g/mol. The van der Waals surface area contributed by atoms with Gasteiger partial charge >= 0.3 is 0 Å². The Hall–Kier alpha value is -0.159. The van der Waals surface area contributed by atoms with Crippen LogP contribution < -0.4 is 0 Å². The molecule has 4 aliphatic carbocycles. The van der Waals surface area contributed by atoms with Crippen molar-refractivity contribution >= 4 is 36.7 Å². The molecule has 6 atom stereocenters. The first-order valence-corrected chi connectivity index (χ1v) is 30.2. The van der Waals surface area contributed by atoms with Gasteiger partial charge in [0, 0.05) is 16.9 Å². The van der Waals surface area contributed by atoms with Crippen molar-refractivity contribution in [3.63, 3.8) is 0 Å². The number of allylic oxidation sites excluding steroid dienone is 4. The molecule has 0 aliphatic heterocycles. The fraction of sp³-hybridized carbons (Fsp3) is 0.818. The summed E-state index contributed by atoms with van der Waals surface area (Å²) in [7, 11) is -5.57. The molecule has 4 rings (SSSR count). The van der Waals surface area contributed by atoms with Crippen molar-refractivity contribution in [3.05, 3.63) is 47.1 Å². The van der Waals surface area contributed by atoms with E-state index in [1.165, 1.54) is 37.4 Å². The average Bonchev–Trinajstić information content (AvgIpc) is 3.35. The second kappa shape index (κ2) is 15.4. The standard InChI is InChI=1S/C44H80O3SSi3/c1-18-51(19-2,20-3)47-42(10,11)27-21-29-48-32-34-23-25-37-36-24-22-33-30-35(45-49(14,15)40(4,5)6)31-39(46-50(16,17)41(7,8)9)44(33,13)38(36)26-28-43(34,37)12/h21-24,27,35,37-39H,18-20,25-26,28-32H2,1-17H3/t35-,37+,38+,39+,43-,44+/m1/s1. The maximum atomic E-state index is 7.58. The molecule has 0 saturated heterocycles. The summed E-state index contributed by atoms with van der Waals surface area (Å²) < 4.78 is 21.6. The van der Waals surface area contributed by atoms with Crippen LogP contribution in [0.25, 0.3) is 0 Å². The Balaban J connectivity index is 1.52. The highest BCUT2D eigenvalue weighted by molar-refractivity contribution is 7.99. The van der Waals surface area contributed by atoms with Gasteiger partial charge in [-0.2, -0.15) is 11.8 Å². The highest BCUT2D eigenvalue weighted by atomic mass is 32.2. The molecule has 292 valence electrons. The lowest BCUT2D eigenvalue weighted by atomic mass is 9.50. The molecule has 0 aromatic heterocycles. The summed E-state index contributed by atoms with van der Waals surface area (Å²) in [6, 6.07) is 3.59. The summed E-state index contributed by atoms with van der Waals surface area (Å²) in [5.74, 6) is 3.34. The van der Waals surface area contributed by atoms with E-state index in [-0.39, 0.29) is 38.7 Å². The van der Waals surface area contributed by atoms with E-state index in [4.69, 9.17) is 13.3 Å². The van der Waals surface area contributed by atoms with Gasteiger partial charge in [-0.05, 0) is 118 Å². The van der Waals surface area contributed by atoms with Crippen molar-refractivity contribution in [2.24, 2.45) is 22.7 Å². The Morgan fingerprint density at radius 2 is 1.43 bits per heavy atom. The monoisotopic (exact) mass is 773 g/mol. The molecule has 0 N–H and O–H groups in total. The number of rotatable bonds is 14.